The van der Waals surface area contributed by atoms with Crippen molar-refractivity contribution in [3.8, 4) is 17.2 Å². The van der Waals surface area contributed by atoms with E-state index in [2.05, 4.69) is 15.3 Å². The number of nitrogens with zero attached hydrogens (tertiary/aromatic N) is 3. The summed E-state index contributed by atoms with van der Waals surface area (Å²) in [6.07, 6.45) is 7.10. The highest BCUT2D eigenvalue weighted by Crippen LogP contribution is 2.33. The third kappa shape index (κ3) is 4.34. The lowest BCUT2D eigenvalue weighted by molar-refractivity contribution is 0.0922. The molecule has 2 aromatic heterocycles. The second-order valence-corrected chi connectivity index (χ2v) is 8.75. The minimum atomic E-state index is -0.188. The zero-order valence-corrected chi connectivity index (χ0v) is 18.7. The summed E-state index contributed by atoms with van der Waals surface area (Å²) in [7, 11) is 0. The molecular formula is C22H21Cl3N4O. The maximum atomic E-state index is 13.1. The van der Waals surface area contributed by atoms with Gasteiger partial charge in [-0.05, 0) is 44.0 Å². The van der Waals surface area contributed by atoms with Crippen molar-refractivity contribution in [1.29, 1.82) is 0 Å². The minimum Gasteiger partial charge on any atom is -0.348 e. The molecule has 5 nitrogen and oxygen atoms in total. The number of hydrogen-bond acceptors (Lipinski definition) is 3. The van der Waals surface area contributed by atoms with Gasteiger partial charge in [-0.25, -0.2) is 9.97 Å². The van der Waals surface area contributed by atoms with E-state index in [1.165, 1.54) is 6.42 Å². The lowest BCUT2D eigenvalue weighted by atomic mass is 9.95. The van der Waals surface area contributed by atoms with Gasteiger partial charge in [0, 0.05) is 33.9 Å². The minimum absolute atomic E-state index is 0.183. The second kappa shape index (κ2) is 8.96. The van der Waals surface area contributed by atoms with Crippen molar-refractivity contribution in [2.24, 2.45) is 0 Å². The number of aromatic nitrogens is 3. The Bertz CT molecular complexity index is 1090. The van der Waals surface area contributed by atoms with Gasteiger partial charge in [0.25, 0.3) is 5.91 Å². The van der Waals surface area contributed by atoms with Gasteiger partial charge in [-0.3, -0.25) is 9.36 Å². The molecule has 8 heteroatoms. The molecule has 3 aromatic rings. The number of nitrogens with one attached hydrogen (secondary N) is 1. The van der Waals surface area contributed by atoms with E-state index in [1.807, 2.05) is 6.92 Å². The van der Waals surface area contributed by atoms with Crippen LogP contribution in [-0.2, 0) is 0 Å². The Morgan fingerprint density at radius 1 is 1.07 bits per heavy atom. The fourth-order valence-electron chi connectivity index (χ4n) is 3.86. The molecular weight excluding hydrogens is 443 g/mol. The van der Waals surface area contributed by atoms with Crippen LogP contribution in [0, 0.1) is 6.92 Å². The topological polar surface area (TPSA) is 59.8 Å². The fraction of sp³-hybridized carbons (Fsp3) is 0.318. The third-order valence-corrected chi connectivity index (χ3v) is 6.15. The van der Waals surface area contributed by atoms with Gasteiger partial charge < -0.3 is 5.32 Å². The molecule has 1 fully saturated rings. The lowest BCUT2D eigenvalue weighted by Crippen LogP contribution is -2.36. The Morgan fingerprint density at radius 2 is 1.80 bits per heavy atom. The Balaban J connectivity index is 1.81. The summed E-state index contributed by atoms with van der Waals surface area (Å²) in [4.78, 5) is 22.2. The molecule has 2 heterocycles. The largest absolute Gasteiger partial charge is 0.348 e. The summed E-state index contributed by atoms with van der Waals surface area (Å²) in [5.74, 6) is 0.884. The van der Waals surface area contributed by atoms with Gasteiger partial charge in [0.15, 0.2) is 0 Å². The number of imidazole rings is 1. The van der Waals surface area contributed by atoms with Crippen LogP contribution in [0.4, 0.5) is 0 Å². The number of halogens is 3. The maximum Gasteiger partial charge on any atom is 0.272 e. The zero-order chi connectivity index (χ0) is 21.3. The molecule has 4 rings (SSSR count). The van der Waals surface area contributed by atoms with Crippen LogP contribution in [0.3, 0.4) is 0 Å². The van der Waals surface area contributed by atoms with Crippen LogP contribution in [0.5, 0.6) is 0 Å². The van der Waals surface area contributed by atoms with Crippen LogP contribution in [-0.4, -0.2) is 26.5 Å². The SMILES string of the molecule is Cc1c(C(=O)NC2CCCCC2)nc(-c2ccc(Cl)cc2Cl)n1-c1cc(Cl)ccn1. The van der Waals surface area contributed by atoms with Gasteiger partial charge >= 0.3 is 0 Å². The molecule has 0 atom stereocenters. The van der Waals surface area contributed by atoms with Crippen LogP contribution < -0.4 is 5.32 Å². The van der Waals surface area contributed by atoms with Gasteiger partial charge in [-0.1, -0.05) is 54.1 Å². The summed E-state index contributed by atoms with van der Waals surface area (Å²) in [5.41, 5.74) is 1.67. The molecule has 30 heavy (non-hydrogen) atoms. The highest BCUT2D eigenvalue weighted by atomic mass is 35.5. The average molecular weight is 464 g/mol. The monoisotopic (exact) mass is 462 g/mol. The van der Waals surface area contributed by atoms with E-state index >= 15 is 0 Å². The number of amides is 1. The van der Waals surface area contributed by atoms with E-state index < -0.39 is 0 Å². The number of carbonyl (C=O) groups excluding carboxylic acids is 1. The van der Waals surface area contributed by atoms with Crippen LogP contribution in [0.15, 0.2) is 36.5 Å². The van der Waals surface area contributed by atoms with E-state index in [0.29, 0.717) is 43.7 Å². The molecule has 1 aliphatic carbocycles. The summed E-state index contributed by atoms with van der Waals surface area (Å²) in [6.45, 7) is 1.85. The van der Waals surface area contributed by atoms with Gasteiger partial charge in [0.05, 0.1) is 10.7 Å². The van der Waals surface area contributed by atoms with Crippen LogP contribution in [0.25, 0.3) is 17.2 Å². The zero-order valence-electron chi connectivity index (χ0n) is 16.5. The predicted molar refractivity (Wildman–Crippen MR) is 121 cm³/mol. The van der Waals surface area contributed by atoms with Crippen molar-refractivity contribution in [3.05, 3.63) is 63.0 Å². The molecule has 0 spiro atoms. The number of pyridine rings is 1. The number of hydrogen-bond donors (Lipinski definition) is 1. The molecule has 0 aliphatic heterocycles. The molecule has 1 saturated carbocycles. The summed E-state index contributed by atoms with van der Waals surface area (Å²) in [6, 6.07) is 8.79. The van der Waals surface area contributed by atoms with E-state index in [4.69, 9.17) is 34.8 Å². The van der Waals surface area contributed by atoms with Gasteiger partial charge in [-0.2, -0.15) is 0 Å². The normalized spacial score (nSPS) is 14.7. The first-order valence-electron chi connectivity index (χ1n) is 9.91. The maximum absolute atomic E-state index is 13.1. The summed E-state index contributed by atoms with van der Waals surface area (Å²) in [5, 5.41) is 4.64. The quantitative estimate of drug-likeness (QED) is 0.496. The third-order valence-electron chi connectivity index (χ3n) is 5.37. The Morgan fingerprint density at radius 3 is 2.50 bits per heavy atom. The number of rotatable bonds is 4. The van der Waals surface area contributed by atoms with E-state index in [-0.39, 0.29) is 11.9 Å². The highest BCUT2D eigenvalue weighted by molar-refractivity contribution is 6.36. The van der Waals surface area contributed by atoms with Gasteiger partial charge in [0.1, 0.15) is 17.3 Å². The molecule has 1 amide bonds. The van der Waals surface area contributed by atoms with Crippen LogP contribution in [0.1, 0.15) is 48.3 Å². The van der Waals surface area contributed by atoms with Crippen molar-refractivity contribution in [1.82, 2.24) is 19.9 Å². The van der Waals surface area contributed by atoms with Crippen molar-refractivity contribution in [3.63, 3.8) is 0 Å². The van der Waals surface area contributed by atoms with Crippen LogP contribution >= 0.6 is 34.8 Å². The second-order valence-electron chi connectivity index (χ2n) is 7.47. The average Bonchev–Trinajstić information content (AvgIpc) is 3.06. The van der Waals surface area contributed by atoms with Crippen molar-refractivity contribution in [2.75, 3.05) is 0 Å². The molecule has 1 aliphatic rings. The first-order valence-corrected chi connectivity index (χ1v) is 11.0. The molecule has 156 valence electrons. The molecule has 0 bridgehead atoms. The lowest BCUT2D eigenvalue weighted by Gasteiger charge is -2.22. The molecule has 0 saturated heterocycles. The van der Waals surface area contributed by atoms with E-state index in [1.54, 1.807) is 41.1 Å². The van der Waals surface area contributed by atoms with Crippen molar-refractivity contribution < 1.29 is 4.79 Å². The molecule has 0 radical (unpaired) electrons. The highest BCUT2D eigenvalue weighted by Gasteiger charge is 2.25. The fourth-order valence-corrected chi connectivity index (χ4v) is 4.51. The standard InChI is InChI=1S/C22H21Cl3N4O/c1-13-20(22(30)27-16-5-3-2-4-6-16)28-21(17-8-7-14(23)11-18(17)25)29(13)19-12-15(24)9-10-26-19/h7-12,16H,2-6H2,1H3,(H,27,30). The Kier molecular flexibility index (Phi) is 6.32. The van der Waals surface area contributed by atoms with Crippen LogP contribution in [0.2, 0.25) is 15.1 Å². The van der Waals surface area contributed by atoms with E-state index in [9.17, 15) is 4.79 Å². The van der Waals surface area contributed by atoms with E-state index in [0.717, 1.165) is 25.7 Å². The Labute approximate surface area is 190 Å². The van der Waals surface area contributed by atoms with Crippen molar-refractivity contribution in [2.45, 2.75) is 45.1 Å². The smallest absolute Gasteiger partial charge is 0.272 e. The molecule has 1 aromatic carbocycles. The summed E-state index contributed by atoms with van der Waals surface area (Å²) >= 11 is 18.7. The molecule has 0 unspecified atom stereocenters. The first kappa shape index (κ1) is 21.2. The predicted octanol–water partition coefficient (Wildman–Crippen LogP) is 6.27. The van der Waals surface area contributed by atoms with Gasteiger partial charge in [-0.15, -0.1) is 0 Å². The molecule has 1 N–H and O–H groups in total. The number of benzene rings is 1. The summed E-state index contributed by atoms with van der Waals surface area (Å²) < 4.78 is 1.80. The Hall–Kier alpha value is -2.08. The van der Waals surface area contributed by atoms with Crippen molar-refractivity contribution >= 4 is 40.7 Å². The number of carbonyl (C=O) groups is 1. The van der Waals surface area contributed by atoms with Gasteiger partial charge in [0.2, 0.25) is 0 Å². The first-order chi connectivity index (χ1) is 14.4.